The summed E-state index contributed by atoms with van der Waals surface area (Å²) in [5.41, 5.74) is 2.21. The predicted molar refractivity (Wildman–Crippen MR) is 75.6 cm³/mol. The van der Waals surface area contributed by atoms with Crippen molar-refractivity contribution in [2.45, 2.75) is 33.2 Å². The van der Waals surface area contributed by atoms with Gasteiger partial charge in [0.05, 0.1) is 10.6 Å². The van der Waals surface area contributed by atoms with Crippen LogP contribution in [-0.4, -0.2) is 29.7 Å². The quantitative estimate of drug-likeness (QED) is 0.490. The summed E-state index contributed by atoms with van der Waals surface area (Å²) in [6.45, 7) is 6.66. The second-order valence-corrected chi connectivity index (χ2v) is 5.31. The molecule has 1 aromatic heterocycles. The Morgan fingerprint density at radius 1 is 1.55 bits per heavy atom. The van der Waals surface area contributed by atoms with Crippen molar-refractivity contribution in [1.82, 2.24) is 10.3 Å². The third kappa shape index (κ3) is 3.52. The molecule has 0 amide bonds. The van der Waals surface area contributed by atoms with Crippen LogP contribution in [0.3, 0.4) is 0 Å². The van der Waals surface area contributed by atoms with Gasteiger partial charge in [0.1, 0.15) is 0 Å². The standard InChI is InChI=1S/C14H21N3O3/c1-10-7-16-13(11(2)14(10)17(18)19)8-15-5-3-12-4-6-20-9-12/h7,12,15H,3-6,8-9H2,1-2H3. The monoisotopic (exact) mass is 279 g/mol. The minimum Gasteiger partial charge on any atom is -0.381 e. The largest absolute Gasteiger partial charge is 0.381 e. The van der Waals surface area contributed by atoms with Crippen LogP contribution in [0, 0.1) is 29.9 Å². The molecule has 0 aliphatic carbocycles. The minimum atomic E-state index is -0.328. The van der Waals surface area contributed by atoms with Crippen LogP contribution >= 0.6 is 0 Å². The van der Waals surface area contributed by atoms with E-state index in [2.05, 4.69) is 10.3 Å². The summed E-state index contributed by atoms with van der Waals surface area (Å²) in [4.78, 5) is 15.0. The first-order valence-corrected chi connectivity index (χ1v) is 6.97. The Morgan fingerprint density at radius 2 is 2.35 bits per heavy atom. The van der Waals surface area contributed by atoms with Crippen LogP contribution in [-0.2, 0) is 11.3 Å². The Bertz CT molecular complexity index is 485. The van der Waals surface area contributed by atoms with Crippen LogP contribution in [0.25, 0.3) is 0 Å². The molecule has 2 rings (SSSR count). The van der Waals surface area contributed by atoms with Gasteiger partial charge in [-0.25, -0.2) is 0 Å². The van der Waals surface area contributed by atoms with Crippen LogP contribution in [0.5, 0.6) is 0 Å². The SMILES string of the molecule is Cc1cnc(CNCCC2CCOC2)c(C)c1[N+](=O)[O-]. The van der Waals surface area contributed by atoms with E-state index < -0.39 is 0 Å². The van der Waals surface area contributed by atoms with Crippen LogP contribution in [0.1, 0.15) is 29.7 Å². The zero-order valence-corrected chi connectivity index (χ0v) is 12.0. The molecule has 1 unspecified atom stereocenters. The number of hydrogen-bond donors (Lipinski definition) is 1. The first-order chi connectivity index (χ1) is 9.59. The molecule has 0 aromatic carbocycles. The highest BCUT2D eigenvalue weighted by Gasteiger charge is 2.19. The zero-order valence-electron chi connectivity index (χ0n) is 12.0. The molecule has 110 valence electrons. The third-order valence-electron chi connectivity index (χ3n) is 3.80. The summed E-state index contributed by atoms with van der Waals surface area (Å²) < 4.78 is 5.33. The van der Waals surface area contributed by atoms with Crippen molar-refractivity contribution in [3.63, 3.8) is 0 Å². The summed E-state index contributed by atoms with van der Waals surface area (Å²) in [5, 5.41) is 14.4. The fraction of sp³-hybridized carbons (Fsp3) is 0.643. The van der Waals surface area contributed by atoms with Crippen molar-refractivity contribution in [2.24, 2.45) is 5.92 Å². The number of nitro groups is 1. The van der Waals surface area contributed by atoms with E-state index in [1.165, 1.54) is 0 Å². The highest BCUT2D eigenvalue weighted by atomic mass is 16.6. The average molecular weight is 279 g/mol. The van der Waals surface area contributed by atoms with Crippen LogP contribution < -0.4 is 5.32 Å². The Morgan fingerprint density at radius 3 is 3.00 bits per heavy atom. The van der Waals surface area contributed by atoms with Gasteiger partial charge in [0.15, 0.2) is 0 Å². The smallest absolute Gasteiger partial charge is 0.278 e. The molecule has 6 heteroatoms. The Labute approximate surface area is 118 Å². The Balaban J connectivity index is 1.89. The first kappa shape index (κ1) is 14.9. The number of aryl methyl sites for hydroxylation is 1. The summed E-state index contributed by atoms with van der Waals surface area (Å²) >= 11 is 0. The van der Waals surface area contributed by atoms with Crippen molar-refractivity contribution in [3.8, 4) is 0 Å². The summed E-state index contributed by atoms with van der Waals surface area (Å²) in [5.74, 6) is 0.643. The predicted octanol–water partition coefficient (Wildman–Crippen LogP) is 2.12. The van der Waals surface area contributed by atoms with Gasteiger partial charge in [0.25, 0.3) is 5.69 Å². The van der Waals surface area contributed by atoms with Gasteiger partial charge in [-0.05, 0) is 39.2 Å². The Kier molecular flexibility index (Phi) is 5.03. The van der Waals surface area contributed by atoms with E-state index in [0.717, 1.165) is 38.3 Å². The van der Waals surface area contributed by atoms with Gasteiger partial charge in [-0.3, -0.25) is 15.1 Å². The fourth-order valence-corrected chi connectivity index (χ4v) is 2.55. The second-order valence-electron chi connectivity index (χ2n) is 5.31. The number of pyridine rings is 1. The van der Waals surface area contributed by atoms with Crippen molar-refractivity contribution in [3.05, 3.63) is 33.1 Å². The lowest BCUT2D eigenvalue weighted by Crippen LogP contribution is -2.19. The number of nitrogens with one attached hydrogen (secondary N) is 1. The number of hydrogen-bond acceptors (Lipinski definition) is 5. The van der Waals surface area contributed by atoms with Gasteiger partial charge in [0.2, 0.25) is 0 Å². The molecule has 0 saturated carbocycles. The molecule has 1 saturated heterocycles. The molecule has 1 N–H and O–H groups in total. The molecule has 20 heavy (non-hydrogen) atoms. The molecule has 0 radical (unpaired) electrons. The van der Waals surface area contributed by atoms with Crippen LogP contribution in [0.4, 0.5) is 5.69 Å². The molecule has 0 bridgehead atoms. The molecule has 2 heterocycles. The highest BCUT2D eigenvalue weighted by Crippen LogP contribution is 2.24. The third-order valence-corrected chi connectivity index (χ3v) is 3.80. The summed E-state index contributed by atoms with van der Waals surface area (Å²) in [6.07, 6.45) is 3.79. The topological polar surface area (TPSA) is 77.3 Å². The van der Waals surface area contributed by atoms with Crippen LogP contribution in [0.15, 0.2) is 6.20 Å². The molecule has 0 spiro atoms. The van der Waals surface area contributed by atoms with Gasteiger partial charge in [-0.2, -0.15) is 0 Å². The van der Waals surface area contributed by atoms with Gasteiger partial charge < -0.3 is 10.1 Å². The van der Waals surface area contributed by atoms with Gasteiger partial charge in [-0.15, -0.1) is 0 Å². The average Bonchev–Trinajstić information content (AvgIpc) is 2.89. The van der Waals surface area contributed by atoms with Crippen molar-refractivity contribution in [2.75, 3.05) is 19.8 Å². The fourth-order valence-electron chi connectivity index (χ4n) is 2.55. The van der Waals surface area contributed by atoms with Gasteiger partial charge >= 0.3 is 0 Å². The van der Waals surface area contributed by atoms with E-state index in [1.54, 1.807) is 20.0 Å². The molecule has 1 fully saturated rings. The minimum absolute atomic E-state index is 0.181. The van der Waals surface area contributed by atoms with E-state index in [1.807, 2.05) is 0 Å². The lowest BCUT2D eigenvalue weighted by atomic mass is 10.1. The number of ether oxygens (including phenoxy) is 1. The van der Waals surface area contributed by atoms with E-state index in [0.29, 0.717) is 23.6 Å². The molecule has 1 aliphatic rings. The molecule has 6 nitrogen and oxygen atoms in total. The molecule has 1 aromatic rings. The maximum absolute atomic E-state index is 11.0. The number of aromatic nitrogens is 1. The van der Waals surface area contributed by atoms with Crippen molar-refractivity contribution in [1.29, 1.82) is 0 Å². The lowest BCUT2D eigenvalue weighted by molar-refractivity contribution is -0.386. The number of nitrogens with zero attached hydrogens (tertiary/aromatic N) is 2. The van der Waals surface area contributed by atoms with Crippen LogP contribution in [0.2, 0.25) is 0 Å². The van der Waals surface area contributed by atoms with E-state index in [9.17, 15) is 10.1 Å². The zero-order chi connectivity index (χ0) is 14.5. The summed E-state index contributed by atoms with van der Waals surface area (Å²) in [7, 11) is 0. The lowest BCUT2D eigenvalue weighted by Gasteiger charge is -2.10. The second kappa shape index (κ2) is 6.76. The van der Waals surface area contributed by atoms with E-state index in [4.69, 9.17) is 4.74 Å². The molecular weight excluding hydrogens is 258 g/mol. The first-order valence-electron chi connectivity index (χ1n) is 6.97. The number of rotatable bonds is 6. The van der Waals surface area contributed by atoms with E-state index >= 15 is 0 Å². The summed E-state index contributed by atoms with van der Waals surface area (Å²) in [6, 6.07) is 0. The maximum atomic E-state index is 11.0. The van der Waals surface area contributed by atoms with Crippen molar-refractivity contribution < 1.29 is 9.66 Å². The normalized spacial score (nSPS) is 18.4. The maximum Gasteiger partial charge on any atom is 0.278 e. The molecule has 1 atom stereocenters. The van der Waals surface area contributed by atoms with Gasteiger partial charge in [-0.1, -0.05) is 0 Å². The molecule has 1 aliphatic heterocycles. The molecular formula is C14H21N3O3. The van der Waals surface area contributed by atoms with E-state index in [-0.39, 0.29) is 10.6 Å². The van der Waals surface area contributed by atoms with Gasteiger partial charge in [0, 0.05) is 37.1 Å². The van der Waals surface area contributed by atoms with Crippen molar-refractivity contribution >= 4 is 5.69 Å². The highest BCUT2D eigenvalue weighted by molar-refractivity contribution is 5.47. The Hall–Kier alpha value is -1.53.